The van der Waals surface area contributed by atoms with Crippen molar-refractivity contribution in [2.24, 2.45) is 4.99 Å². The second-order valence-corrected chi connectivity index (χ2v) is 9.79. The first-order valence-corrected chi connectivity index (χ1v) is 10.2. The molecule has 0 bridgehead atoms. The zero-order chi connectivity index (χ0) is 18.7. The molecule has 0 saturated carbocycles. The third kappa shape index (κ3) is 5.25. The number of ether oxygens (including phenoxy) is 1. The number of guanidine groups is 1. The van der Waals surface area contributed by atoms with Crippen molar-refractivity contribution < 1.29 is 13.2 Å². The zero-order valence-corrected chi connectivity index (χ0v) is 19.4. The normalized spacial score (nSPS) is 18.8. The summed E-state index contributed by atoms with van der Waals surface area (Å²) in [6, 6.07) is 6.08. The van der Waals surface area contributed by atoms with Crippen LogP contribution < -0.4 is 10.1 Å². The van der Waals surface area contributed by atoms with Crippen LogP contribution in [-0.2, 0) is 9.84 Å². The van der Waals surface area contributed by atoms with Gasteiger partial charge in [-0.15, -0.1) is 24.0 Å². The minimum atomic E-state index is -3.06. The van der Waals surface area contributed by atoms with E-state index in [1.54, 1.807) is 20.9 Å². The molecule has 0 atom stereocenters. The van der Waals surface area contributed by atoms with Gasteiger partial charge in [-0.2, -0.15) is 0 Å². The first-order valence-electron chi connectivity index (χ1n) is 8.55. The van der Waals surface area contributed by atoms with Gasteiger partial charge in [-0.05, 0) is 38.8 Å². The molecule has 1 N–H and O–H groups in total. The van der Waals surface area contributed by atoms with Crippen molar-refractivity contribution in [3.63, 3.8) is 0 Å². The van der Waals surface area contributed by atoms with Crippen molar-refractivity contribution in [2.75, 3.05) is 39.0 Å². The van der Waals surface area contributed by atoms with Gasteiger partial charge in [0, 0.05) is 20.1 Å². The van der Waals surface area contributed by atoms with Crippen LogP contribution in [0.1, 0.15) is 25.0 Å². The van der Waals surface area contributed by atoms with Crippen LogP contribution in [-0.4, -0.2) is 63.1 Å². The van der Waals surface area contributed by atoms with E-state index in [1.807, 2.05) is 36.9 Å². The van der Waals surface area contributed by atoms with Crippen LogP contribution in [0.5, 0.6) is 5.75 Å². The average molecular weight is 495 g/mol. The molecule has 0 radical (unpaired) electrons. The van der Waals surface area contributed by atoms with E-state index in [0.717, 1.165) is 16.9 Å². The molecule has 148 valence electrons. The van der Waals surface area contributed by atoms with Crippen LogP contribution in [0.4, 0.5) is 0 Å². The van der Waals surface area contributed by atoms with E-state index < -0.39 is 14.6 Å². The molecule has 0 aliphatic carbocycles. The van der Waals surface area contributed by atoms with Gasteiger partial charge in [-0.3, -0.25) is 4.99 Å². The summed E-state index contributed by atoms with van der Waals surface area (Å²) < 4.78 is 29.4. The second-order valence-electron chi connectivity index (χ2n) is 7.04. The number of aliphatic imine (C=N–C) groups is 1. The van der Waals surface area contributed by atoms with Crippen LogP contribution in [0.25, 0.3) is 0 Å². The third-order valence-corrected chi connectivity index (χ3v) is 7.13. The van der Waals surface area contributed by atoms with Crippen molar-refractivity contribution in [3.05, 3.63) is 29.3 Å². The summed E-state index contributed by atoms with van der Waals surface area (Å²) in [4.78, 5) is 6.29. The van der Waals surface area contributed by atoms with Gasteiger partial charge in [0.25, 0.3) is 0 Å². The summed E-state index contributed by atoms with van der Waals surface area (Å²) in [5.41, 5.74) is 2.24. The van der Waals surface area contributed by atoms with Crippen LogP contribution in [0.3, 0.4) is 0 Å². The lowest BCUT2D eigenvalue weighted by Crippen LogP contribution is -2.57. The van der Waals surface area contributed by atoms with Crippen LogP contribution in [0.2, 0.25) is 0 Å². The molecule has 26 heavy (non-hydrogen) atoms. The highest BCUT2D eigenvalue weighted by molar-refractivity contribution is 14.0. The fraction of sp³-hybridized carbons (Fsp3) is 0.611. The lowest BCUT2D eigenvalue weighted by Gasteiger charge is -2.39. The molecule has 0 spiro atoms. The van der Waals surface area contributed by atoms with Gasteiger partial charge in [0.1, 0.15) is 12.4 Å². The second kappa shape index (κ2) is 9.25. The molecule has 1 fully saturated rings. The summed E-state index contributed by atoms with van der Waals surface area (Å²) in [5.74, 6) is 1.79. The van der Waals surface area contributed by atoms with Crippen molar-refractivity contribution in [1.29, 1.82) is 0 Å². The predicted molar refractivity (Wildman–Crippen MR) is 118 cm³/mol. The van der Waals surface area contributed by atoms with E-state index in [-0.39, 0.29) is 29.7 Å². The number of halogens is 1. The van der Waals surface area contributed by atoms with Crippen LogP contribution in [0, 0.1) is 13.8 Å². The topological polar surface area (TPSA) is 71.0 Å². The molecule has 1 saturated heterocycles. The van der Waals surface area contributed by atoms with E-state index in [9.17, 15) is 8.42 Å². The Kier molecular flexibility index (Phi) is 8.19. The fourth-order valence-corrected chi connectivity index (χ4v) is 4.37. The number of aryl methyl sites for hydroxylation is 2. The number of sulfone groups is 1. The highest BCUT2D eigenvalue weighted by Crippen LogP contribution is 2.24. The molecule has 0 aromatic heterocycles. The van der Waals surface area contributed by atoms with E-state index >= 15 is 0 Å². The fourth-order valence-electron chi connectivity index (χ4n) is 3.00. The SMILES string of the molecule is CN=C(NCCOc1c(C)cccc1C)N1CCS(=O)(=O)C(C)(C)C1.I. The first-order chi connectivity index (χ1) is 11.7. The lowest BCUT2D eigenvalue weighted by molar-refractivity contribution is 0.309. The van der Waals surface area contributed by atoms with Crippen molar-refractivity contribution >= 4 is 39.8 Å². The number of para-hydroxylation sites is 1. The number of nitrogens with zero attached hydrogens (tertiary/aromatic N) is 2. The Balaban J connectivity index is 0.00000338. The van der Waals surface area contributed by atoms with Crippen LogP contribution >= 0.6 is 24.0 Å². The molecule has 1 aliphatic heterocycles. The molecule has 0 amide bonds. The van der Waals surface area contributed by atoms with Gasteiger partial charge >= 0.3 is 0 Å². The molecule has 8 heteroatoms. The molecular formula is C18H30IN3O3S. The molecule has 1 aliphatic rings. The third-order valence-electron chi connectivity index (χ3n) is 4.60. The van der Waals surface area contributed by atoms with E-state index in [1.165, 1.54) is 0 Å². The van der Waals surface area contributed by atoms with Gasteiger partial charge in [0.05, 0.1) is 17.0 Å². The van der Waals surface area contributed by atoms with Gasteiger partial charge in [-0.25, -0.2) is 8.42 Å². The van der Waals surface area contributed by atoms with Gasteiger partial charge in [0.15, 0.2) is 15.8 Å². The Morgan fingerprint density at radius 1 is 1.31 bits per heavy atom. The minimum Gasteiger partial charge on any atom is -0.491 e. The average Bonchev–Trinajstić information content (AvgIpc) is 2.53. The Morgan fingerprint density at radius 2 is 1.92 bits per heavy atom. The molecule has 1 aromatic rings. The predicted octanol–water partition coefficient (Wildman–Crippen LogP) is 2.38. The summed E-state index contributed by atoms with van der Waals surface area (Å²) in [6.07, 6.45) is 0. The molecular weight excluding hydrogens is 465 g/mol. The Morgan fingerprint density at radius 3 is 2.46 bits per heavy atom. The Bertz CT molecular complexity index is 728. The summed E-state index contributed by atoms with van der Waals surface area (Å²) in [6.45, 7) is 9.62. The highest BCUT2D eigenvalue weighted by Gasteiger charge is 2.40. The largest absolute Gasteiger partial charge is 0.491 e. The quantitative estimate of drug-likeness (QED) is 0.301. The smallest absolute Gasteiger partial charge is 0.193 e. The van der Waals surface area contributed by atoms with Crippen molar-refractivity contribution in [2.45, 2.75) is 32.4 Å². The van der Waals surface area contributed by atoms with Crippen molar-refractivity contribution in [3.8, 4) is 5.75 Å². The maximum atomic E-state index is 12.1. The van der Waals surface area contributed by atoms with E-state index in [4.69, 9.17) is 4.74 Å². The van der Waals surface area contributed by atoms with Gasteiger partial charge in [0.2, 0.25) is 0 Å². The van der Waals surface area contributed by atoms with Gasteiger partial charge in [-0.1, -0.05) is 18.2 Å². The van der Waals surface area contributed by atoms with Crippen LogP contribution in [0.15, 0.2) is 23.2 Å². The summed E-state index contributed by atoms with van der Waals surface area (Å²) in [7, 11) is -1.34. The zero-order valence-electron chi connectivity index (χ0n) is 16.2. The first kappa shape index (κ1) is 23.0. The van der Waals surface area contributed by atoms with Crippen molar-refractivity contribution in [1.82, 2.24) is 10.2 Å². The molecule has 1 heterocycles. The molecule has 6 nitrogen and oxygen atoms in total. The standard InChI is InChI=1S/C18H29N3O3S.HI/c1-14-7-6-8-15(2)16(14)24-11-9-20-17(19-5)21-10-12-25(22,23)18(3,4)13-21;/h6-8H,9-13H2,1-5H3,(H,19,20);1H. The number of nitrogens with one attached hydrogen (secondary N) is 1. The summed E-state index contributed by atoms with van der Waals surface area (Å²) in [5, 5.41) is 3.27. The molecule has 1 aromatic carbocycles. The molecule has 2 rings (SSSR count). The maximum absolute atomic E-state index is 12.1. The number of rotatable bonds is 4. The molecule has 0 unspecified atom stereocenters. The highest BCUT2D eigenvalue weighted by atomic mass is 127. The monoisotopic (exact) mass is 495 g/mol. The Labute approximate surface area is 174 Å². The Hall–Kier alpha value is -1.03. The van der Waals surface area contributed by atoms with Gasteiger partial charge < -0.3 is 15.0 Å². The number of hydrogen-bond donors (Lipinski definition) is 1. The number of benzene rings is 1. The minimum absolute atomic E-state index is 0. The maximum Gasteiger partial charge on any atom is 0.193 e. The van der Waals surface area contributed by atoms with E-state index in [0.29, 0.717) is 32.2 Å². The number of hydrogen-bond acceptors (Lipinski definition) is 4. The summed E-state index contributed by atoms with van der Waals surface area (Å²) >= 11 is 0. The van der Waals surface area contributed by atoms with E-state index in [2.05, 4.69) is 10.3 Å². The lowest BCUT2D eigenvalue weighted by atomic mass is 10.1.